The molecular formula is C15H24N4O2. The number of nitrogens with zero attached hydrogens (tertiary/aromatic N) is 3. The second-order valence-electron chi connectivity index (χ2n) is 5.24. The second-order valence-corrected chi connectivity index (χ2v) is 5.24. The third-order valence-corrected chi connectivity index (χ3v) is 3.44. The van der Waals surface area contributed by atoms with Crippen molar-refractivity contribution in [1.82, 2.24) is 9.88 Å². The van der Waals surface area contributed by atoms with Crippen LogP contribution >= 0.6 is 0 Å². The molecule has 1 aromatic rings. The van der Waals surface area contributed by atoms with Crippen LogP contribution in [0.5, 0.6) is 0 Å². The number of carbonyl (C=O) groups is 1. The van der Waals surface area contributed by atoms with Gasteiger partial charge in [0.2, 0.25) is 5.91 Å². The van der Waals surface area contributed by atoms with Crippen molar-refractivity contribution in [2.24, 2.45) is 16.8 Å². The van der Waals surface area contributed by atoms with Crippen LogP contribution in [0.2, 0.25) is 0 Å². The van der Waals surface area contributed by atoms with E-state index in [1.165, 1.54) is 0 Å². The van der Waals surface area contributed by atoms with Crippen LogP contribution in [-0.2, 0) is 11.3 Å². The van der Waals surface area contributed by atoms with Crippen LogP contribution < -0.4 is 5.73 Å². The van der Waals surface area contributed by atoms with E-state index in [1.807, 2.05) is 12.1 Å². The quantitative estimate of drug-likeness (QED) is 0.332. The zero-order chi connectivity index (χ0) is 15.7. The number of oxime groups is 1. The third kappa shape index (κ3) is 6.25. The first-order chi connectivity index (χ1) is 10.1. The van der Waals surface area contributed by atoms with Gasteiger partial charge in [0.25, 0.3) is 0 Å². The van der Waals surface area contributed by atoms with Crippen molar-refractivity contribution < 1.29 is 10.0 Å². The van der Waals surface area contributed by atoms with Crippen LogP contribution in [0, 0.1) is 5.92 Å². The molecule has 1 heterocycles. The molecule has 116 valence electrons. The van der Waals surface area contributed by atoms with Crippen molar-refractivity contribution in [1.29, 1.82) is 0 Å². The molecule has 0 radical (unpaired) electrons. The number of aromatic nitrogens is 1. The summed E-state index contributed by atoms with van der Waals surface area (Å²) in [5.41, 5.74) is 6.46. The van der Waals surface area contributed by atoms with Crippen molar-refractivity contribution in [2.75, 3.05) is 6.54 Å². The zero-order valence-electron chi connectivity index (χ0n) is 12.7. The van der Waals surface area contributed by atoms with Crippen molar-refractivity contribution in [3.8, 4) is 0 Å². The van der Waals surface area contributed by atoms with Crippen LogP contribution in [0.15, 0.2) is 29.7 Å². The Morgan fingerprint density at radius 1 is 1.57 bits per heavy atom. The average Bonchev–Trinajstić information content (AvgIpc) is 2.51. The molecular weight excluding hydrogens is 268 g/mol. The Morgan fingerprint density at radius 3 is 2.90 bits per heavy atom. The van der Waals surface area contributed by atoms with Gasteiger partial charge in [-0.05, 0) is 17.5 Å². The molecule has 0 saturated carbocycles. The summed E-state index contributed by atoms with van der Waals surface area (Å²) in [7, 11) is 0. The minimum absolute atomic E-state index is 0.0824. The lowest BCUT2D eigenvalue weighted by Crippen LogP contribution is -2.34. The van der Waals surface area contributed by atoms with Gasteiger partial charge < -0.3 is 15.8 Å². The van der Waals surface area contributed by atoms with Gasteiger partial charge in [-0.25, -0.2) is 0 Å². The van der Waals surface area contributed by atoms with Crippen molar-refractivity contribution in [2.45, 2.75) is 39.7 Å². The van der Waals surface area contributed by atoms with E-state index in [2.05, 4.69) is 24.0 Å². The van der Waals surface area contributed by atoms with Gasteiger partial charge in [-0.1, -0.05) is 31.5 Å². The molecule has 0 aliphatic carbocycles. The molecule has 21 heavy (non-hydrogen) atoms. The second kappa shape index (κ2) is 8.94. The summed E-state index contributed by atoms with van der Waals surface area (Å²) < 4.78 is 0. The monoisotopic (exact) mass is 292 g/mol. The highest BCUT2D eigenvalue weighted by Gasteiger charge is 2.17. The topological polar surface area (TPSA) is 91.8 Å². The molecule has 0 aliphatic heterocycles. The summed E-state index contributed by atoms with van der Waals surface area (Å²) in [6.45, 7) is 5.05. The molecule has 3 N–H and O–H groups in total. The van der Waals surface area contributed by atoms with E-state index in [0.29, 0.717) is 31.8 Å². The van der Waals surface area contributed by atoms with Gasteiger partial charge in [0.15, 0.2) is 0 Å². The Labute approximate surface area is 125 Å². The van der Waals surface area contributed by atoms with Gasteiger partial charge in [0.1, 0.15) is 5.84 Å². The highest BCUT2D eigenvalue weighted by atomic mass is 16.4. The van der Waals surface area contributed by atoms with Crippen LogP contribution in [0.1, 0.15) is 38.7 Å². The fraction of sp³-hybridized carbons (Fsp3) is 0.533. The van der Waals surface area contributed by atoms with Gasteiger partial charge in [-0.3, -0.25) is 9.78 Å². The fourth-order valence-electron chi connectivity index (χ4n) is 1.88. The lowest BCUT2D eigenvalue weighted by molar-refractivity contribution is -0.132. The molecule has 1 atom stereocenters. The zero-order valence-corrected chi connectivity index (χ0v) is 12.7. The molecule has 6 nitrogen and oxygen atoms in total. The average molecular weight is 292 g/mol. The highest BCUT2D eigenvalue weighted by molar-refractivity contribution is 5.81. The standard InChI is InChI=1S/C15H24N4O2/c1-3-12(2)9-15(20)19(8-6-14(16)18-21)11-13-5-4-7-17-10-13/h4-5,7,10,12,21H,3,6,8-9,11H2,1-2H3,(H2,16,18). The predicted molar refractivity (Wildman–Crippen MR) is 81.8 cm³/mol. The van der Waals surface area contributed by atoms with Crippen molar-refractivity contribution in [3.05, 3.63) is 30.1 Å². The predicted octanol–water partition coefficient (Wildman–Crippen LogP) is 1.98. The molecule has 1 unspecified atom stereocenters. The fourth-order valence-corrected chi connectivity index (χ4v) is 1.88. The van der Waals surface area contributed by atoms with E-state index in [-0.39, 0.29) is 11.7 Å². The van der Waals surface area contributed by atoms with Crippen LogP contribution in [0.3, 0.4) is 0 Å². The Balaban J connectivity index is 2.71. The molecule has 1 amide bonds. The van der Waals surface area contributed by atoms with E-state index >= 15 is 0 Å². The molecule has 0 fully saturated rings. The maximum Gasteiger partial charge on any atom is 0.223 e. The molecule has 0 aliphatic rings. The molecule has 1 rings (SSSR count). The van der Waals surface area contributed by atoms with Gasteiger partial charge in [-0.15, -0.1) is 0 Å². The number of hydrogen-bond acceptors (Lipinski definition) is 4. The summed E-state index contributed by atoms with van der Waals surface area (Å²) in [4.78, 5) is 18.2. The smallest absolute Gasteiger partial charge is 0.223 e. The number of carbonyl (C=O) groups excluding carboxylic acids is 1. The van der Waals surface area contributed by atoms with Crippen LogP contribution in [-0.4, -0.2) is 33.4 Å². The Hall–Kier alpha value is -2.11. The summed E-state index contributed by atoms with van der Waals surface area (Å²) in [6.07, 6.45) is 5.26. The van der Waals surface area contributed by atoms with E-state index in [4.69, 9.17) is 10.9 Å². The first-order valence-electron chi connectivity index (χ1n) is 7.19. The molecule has 0 aromatic carbocycles. The molecule has 1 aromatic heterocycles. The maximum absolute atomic E-state index is 12.4. The maximum atomic E-state index is 12.4. The number of pyridine rings is 1. The summed E-state index contributed by atoms with van der Waals surface area (Å²) in [5.74, 6) is 0.555. The van der Waals surface area contributed by atoms with Gasteiger partial charge in [0, 0.05) is 38.3 Å². The number of hydrogen-bond donors (Lipinski definition) is 2. The summed E-state index contributed by atoms with van der Waals surface area (Å²) >= 11 is 0. The van der Waals surface area contributed by atoms with E-state index < -0.39 is 0 Å². The first kappa shape index (κ1) is 16.9. The lowest BCUT2D eigenvalue weighted by Gasteiger charge is -2.24. The van der Waals surface area contributed by atoms with E-state index in [9.17, 15) is 4.79 Å². The first-order valence-corrected chi connectivity index (χ1v) is 7.19. The molecule has 6 heteroatoms. The Morgan fingerprint density at radius 2 is 2.33 bits per heavy atom. The van der Waals surface area contributed by atoms with E-state index in [1.54, 1.807) is 17.3 Å². The SMILES string of the molecule is CCC(C)CC(=O)N(CC/C(N)=N/O)Cc1cccnc1. The Kier molecular flexibility index (Phi) is 7.21. The van der Waals surface area contributed by atoms with Gasteiger partial charge in [-0.2, -0.15) is 0 Å². The van der Waals surface area contributed by atoms with Gasteiger partial charge >= 0.3 is 0 Å². The number of nitrogens with two attached hydrogens (primary N) is 1. The van der Waals surface area contributed by atoms with Crippen LogP contribution in [0.4, 0.5) is 0 Å². The summed E-state index contributed by atoms with van der Waals surface area (Å²) in [6, 6.07) is 3.77. The normalized spacial score (nSPS) is 13.0. The summed E-state index contributed by atoms with van der Waals surface area (Å²) in [5, 5.41) is 11.6. The van der Waals surface area contributed by atoms with Crippen molar-refractivity contribution in [3.63, 3.8) is 0 Å². The Bertz CT molecular complexity index is 462. The lowest BCUT2D eigenvalue weighted by atomic mass is 10.0. The minimum Gasteiger partial charge on any atom is -0.409 e. The number of amidine groups is 1. The van der Waals surface area contributed by atoms with Gasteiger partial charge in [0.05, 0.1) is 0 Å². The number of amides is 1. The molecule has 0 bridgehead atoms. The minimum atomic E-state index is 0.0824. The highest BCUT2D eigenvalue weighted by Crippen LogP contribution is 2.12. The van der Waals surface area contributed by atoms with Crippen molar-refractivity contribution >= 4 is 11.7 Å². The van der Waals surface area contributed by atoms with Crippen LogP contribution in [0.25, 0.3) is 0 Å². The number of rotatable bonds is 8. The third-order valence-electron chi connectivity index (χ3n) is 3.44. The van der Waals surface area contributed by atoms with E-state index in [0.717, 1.165) is 12.0 Å². The largest absolute Gasteiger partial charge is 0.409 e. The molecule has 0 saturated heterocycles. The molecule has 0 spiro atoms.